The van der Waals surface area contributed by atoms with Gasteiger partial charge in [-0.25, -0.2) is 0 Å². The van der Waals surface area contributed by atoms with Crippen LogP contribution in [0.2, 0.25) is 0 Å². The third kappa shape index (κ3) is 4.45. The third-order valence-corrected chi connectivity index (χ3v) is 3.36. The maximum Gasteiger partial charge on any atom is 0.0361 e. The largest absolute Gasteiger partial charge is 0.378 e. The van der Waals surface area contributed by atoms with Gasteiger partial charge in [0.25, 0.3) is 0 Å². The van der Waals surface area contributed by atoms with Crippen molar-refractivity contribution < 1.29 is 0 Å². The van der Waals surface area contributed by atoms with Gasteiger partial charge in [0.1, 0.15) is 0 Å². The summed E-state index contributed by atoms with van der Waals surface area (Å²) < 4.78 is 0. The van der Waals surface area contributed by atoms with Crippen molar-refractivity contribution in [2.24, 2.45) is 0 Å². The Bertz CT molecular complexity index is 295. The number of nitrogens with one attached hydrogen (secondary N) is 1. The van der Waals surface area contributed by atoms with Gasteiger partial charge in [0, 0.05) is 38.1 Å². The Morgan fingerprint density at radius 3 is 2.38 bits per heavy atom. The molecule has 1 rings (SSSR count). The number of benzene rings is 1. The fraction of sp³-hybridized carbons (Fsp3) is 0.538. The Kier molecular flexibility index (Phi) is 5.71. The second-order valence-corrected chi connectivity index (χ2v) is 5.21. The van der Waals surface area contributed by atoms with Crippen molar-refractivity contribution in [2.75, 3.05) is 31.0 Å². The first-order valence-corrected chi connectivity index (χ1v) is 7.01. The first kappa shape index (κ1) is 13.4. The molecule has 0 fully saturated rings. The number of rotatable bonds is 6. The second kappa shape index (κ2) is 6.81. The van der Waals surface area contributed by atoms with E-state index in [1.54, 1.807) is 0 Å². The van der Waals surface area contributed by atoms with Crippen LogP contribution in [0.3, 0.4) is 0 Å². The molecule has 0 heterocycles. The van der Waals surface area contributed by atoms with E-state index >= 15 is 0 Å². The first-order valence-electron chi connectivity index (χ1n) is 5.62. The van der Waals surface area contributed by atoms with Crippen molar-refractivity contribution in [3.63, 3.8) is 0 Å². The quantitative estimate of drug-likeness (QED) is 0.820. The zero-order valence-electron chi connectivity index (χ0n) is 10.7. The maximum atomic E-state index is 3.51. The van der Waals surface area contributed by atoms with E-state index in [1.807, 2.05) is 11.8 Å². The SMILES string of the molecule is CSCC(C)NCc1ccc(N(C)C)cc1. The molecule has 1 N–H and O–H groups in total. The van der Waals surface area contributed by atoms with Gasteiger partial charge in [0.15, 0.2) is 0 Å². The summed E-state index contributed by atoms with van der Waals surface area (Å²) in [6, 6.07) is 9.28. The topological polar surface area (TPSA) is 15.3 Å². The molecule has 0 saturated carbocycles. The Labute approximate surface area is 103 Å². The summed E-state index contributed by atoms with van der Waals surface area (Å²) in [4.78, 5) is 2.12. The highest BCUT2D eigenvalue weighted by atomic mass is 32.2. The van der Waals surface area contributed by atoms with E-state index in [-0.39, 0.29) is 0 Å². The molecule has 0 amide bonds. The standard InChI is InChI=1S/C13H22N2S/c1-11(10-16-4)14-9-12-5-7-13(8-6-12)15(2)3/h5-8,11,14H,9-10H2,1-4H3. The third-order valence-electron chi connectivity index (χ3n) is 2.52. The van der Waals surface area contributed by atoms with Crippen LogP contribution < -0.4 is 10.2 Å². The molecule has 0 aliphatic rings. The van der Waals surface area contributed by atoms with Crippen molar-refractivity contribution in [2.45, 2.75) is 19.5 Å². The molecule has 0 bridgehead atoms. The highest BCUT2D eigenvalue weighted by Gasteiger charge is 2.00. The summed E-state index contributed by atoms with van der Waals surface area (Å²) in [5.41, 5.74) is 2.60. The molecule has 0 radical (unpaired) electrons. The van der Waals surface area contributed by atoms with E-state index in [2.05, 4.69) is 61.8 Å². The van der Waals surface area contributed by atoms with Gasteiger partial charge in [-0.15, -0.1) is 0 Å². The van der Waals surface area contributed by atoms with E-state index in [4.69, 9.17) is 0 Å². The molecule has 0 aliphatic carbocycles. The number of thioether (sulfide) groups is 1. The van der Waals surface area contributed by atoms with Crippen LogP contribution in [0.15, 0.2) is 24.3 Å². The summed E-state index contributed by atoms with van der Waals surface area (Å²) in [6.45, 7) is 3.18. The zero-order valence-corrected chi connectivity index (χ0v) is 11.5. The highest BCUT2D eigenvalue weighted by molar-refractivity contribution is 7.98. The number of nitrogens with zero attached hydrogens (tertiary/aromatic N) is 1. The van der Waals surface area contributed by atoms with E-state index in [1.165, 1.54) is 11.3 Å². The minimum absolute atomic E-state index is 0.573. The monoisotopic (exact) mass is 238 g/mol. The fourth-order valence-electron chi connectivity index (χ4n) is 1.51. The lowest BCUT2D eigenvalue weighted by molar-refractivity contribution is 0.596. The smallest absolute Gasteiger partial charge is 0.0361 e. The molecule has 3 heteroatoms. The van der Waals surface area contributed by atoms with Crippen LogP contribution in [-0.4, -0.2) is 32.1 Å². The van der Waals surface area contributed by atoms with Gasteiger partial charge in [-0.3, -0.25) is 0 Å². The molecule has 1 aromatic carbocycles. The molecule has 0 spiro atoms. The van der Waals surface area contributed by atoms with Crippen LogP contribution in [0.1, 0.15) is 12.5 Å². The van der Waals surface area contributed by atoms with Gasteiger partial charge in [-0.1, -0.05) is 12.1 Å². The summed E-state index contributed by atoms with van der Waals surface area (Å²) in [5, 5.41) is 3.51. The Morgan fingerprint density at radius 2 is 1.88 bits per heavy atom. The molecule has 90 valence electrons. The van der Waals surface area contributed by atoms with Gasteiger partial charge < -0.3 is 10.2 Å². The summed E-state index contributed by atoms with van der Waals surface area (Å²) >= 11 is 1.88. The predicted molar refractivity (Wildman–Crippen MR) is 75.5 cm³/mol. The molecular formula is C13H22N2S. The number of hydrogen-bond donors (Lipinski definition) is 1. The summed E-state index contributed by atoms with van der Waals surface area (Å²) in [5.74, 6) is 1.16. The normalized spacial score (nSPS) is 12.5. The average Bonchev–Trinajstić information content (AvgIpc) is 2.27. The number of hydrogen-bond acceptors (Lipinski definition) is 3. The predicted octanol–water partition coefficient (Wildman–Crippen LogP) is 2.59. The Balaban J connectivity index is 2.43. The van der Waals surface area contributed by atoms with Crippen LogP contribution in [0.25, 0.3) is 0 Å². The molecule has 1 aromatic rings. The average molecular weight is 238 g/mol. The zero-order chi connectivity index (χ0) is 12.0. The lowest BCUT2D eigenvalue weighted by atomic mass is 10.2. The first-order chi connectivity index (χ1) is 7.63. The van der Waals surface area contributed by atoms with E-state index in [9.17, 15) is 0 Å². The number of anilines is 1. The van der Waals surface area contributed by atoms with Crippen molar-refractivity contribution in [1.82, 2.24) is 5.32 Å². The van der Waals surface area contributed by atoms with E-state index in [0.29, 0.717) is 6.04 Å². The van der Waals surface area contributed by atoms with Crippen LogP contribution in [-0.2, 0) is 6.54 Å². The van der Waals surface area contributed by atoms with E-state index < -0.39 is 0 Å². The van der Waals surface area contributed by atoms with Crippen molar-refractivity contribution in [3.05, 3.63) is 29.8 Å². The molecule has 1 atom stereocenters. The van der Waals surface area contributed by atoms with Crippen LogP contribution in [0.4, 0.5) is 5.69 Å². The Morgan fingerprint density at radius 1 is 1.25 bits per heavy atom. The summed E-state index contributed by atoms with van der Waals surface area (Å²) in [7, 11) is 4.13. The molecule has 0 saturated heterocycles. The lowest BCUT2D eigenvalue weighted by Gasteiger charge is -2.14. The summed E-state index contributed by atoms with van der Waals surface area (Å²) in [6.07, 6.45) is 2.14. The van der Waals surface area contributed by atoms with Gasteiger partial charge in [-0.2, -0.15) is 11.8 Å². The minimum Gasteiger partial charge on any atom is -0.378 e. The van der Waals surface area contributed by atoms with Gasteiger partial charge in [0.05, 0.1) is 0 Å². The van der Waals surface area contributed by atoms with E-state index in [0.717, 1.165) is 12.3 Å². The van der Waals surface area contributed by atoms with Gasteiger partial charge in [0.2, 0.25) is 0 Å². The second-order valence-electron chi connectivity index (χ2n) is 4.30. The molecule has 0 aromatic heterocycles. The van der Waals surface area contributed by atoms with Crippen LogP contribution in [0.5, 0.6) is 0 Å². The molecular weight excluding hydrogens is 216 g/mol. The molecule has 0 aliphatic heterocycles. The molecule has 2 nitrogen and oxygen atoms in total. The molecule has 16 heavy (non-hydrogen) atoms. The maximum absolute atomic E-state index is 3.51. The van der Waals surface area contributed by atoms with Crippen molar-refractivity contribution in [3.8, 4) is 0 Å². The van der Waals surface area contributed by atoms with Crippen molar-refractivity contribution in [1.29, 1.82) is 0 Å². The highest BCUT2D eigenvalue weighted by Crippen LogP contribution is 2.12. The molecule has 1 unspecified atom stereocenters. The fourth-order valence-corrected chi connectivity index (χ4v) is 2.13. The van der Waals surface area contributed by atoms with Crippen molar-refractivity contribution >= 4 is 17.4 Å². The lowest BCUT2D eigenvalue weighted by Crippen LogP contribution is -2.27. The van der Waals surface area contributed by atoms with Gasteiger partial charge in [-0.05, 0) is 30.9 Å². The Hall–Kier alpha value is -0.670. The van der Waals surface area contributed by atoms with Crippen LogP contribution in [0, 0.1) is 0 Å². The minimum atomic E-state index is 0.573. The van der Waals surface area contributed by atoms with Crippen LogP contribution >= 0.6 is 11.8 Å². The van der Waals surface area contributed by atoms with Gasteiger partial charge >= 0.3 is 0 Å².